The van der Waals surface area contributed by atoms with Crippen LogP contribution in [-0.4, -0.2) is 36.7 Å². The van der Waals surface area contributed by atoms with Crippen molar-refractivity contribution < 1.29 is 19.1 Å². The molecule has 1 aromatic heterocycles. The number of methoxy groups -OCH3 is 2. The van der Waals surface area contributed by atoms with Crippen molar-refractivity contribution in [2.45, 2.75) is 45.1 Å². The Morgan fingerprint density at radius 1 is 1.06 bits per heavy atom. The predicted octanol–water partition coefficient (Wildman–Crippen LogP) is 4.86. The van der Waals surface area contributed by atoms with Crippen molar-refractivity contribution >= 4 is 28.5 Å². The number of fused-ring (bicyclic) bond motifs is 1. The van der Waals surface area contributed by atoms with E-state index >= 15 is 0 Å². The van der Waals surface area contributed by atoms with Gasteiger partial charge in [0.25, 0.3) is 0 Å². The van der Waals surface area contributed by atoms with Gasteiger partial charge in [0.15, 0.2) is 0 Å². The number of anilines is 1. The van der Waals surface area contributed by atoms with Crippen LogP contribution in [0.25, 0.3) is 10.9 Å². The third-order valence-electron chi connectivity index (χ3n) is 6.45. The lowest BCUT2D eigenvalue weighted by atomic mass is 10.0. The first-order valence-electron chi connectivity index (χ1n) is 11.1. The molecule has 0 spiro atoms. The van der Waals surface area contributed by atoms with Crippen LogP contribution in [0.1, 0.15) is 54.1 Å². The molecule has 3 aromatic rings. The third kappa shape index (κ3) is 4.09. The fourth-order valence-electron chi connectivity index (χ4n) is 4.91. The zero-order valence-corrected chi connectivity index (χ0v) is 19.2. The average Bonchev–Trinajstić information content (AvgIpc) is 3.42. The highest BCUT2D eigenvalue weighted by Crippen LogP contribution is 2.33. The first-order chi connectivity index (χ1) is 15.4. The lowest BCUT2D eigenvalue weighted by Crippen LogP contribution is -2.37. The molecule has 1 aliphatic carbocycles. The van der Waals surface area contributed by atoms with Gasteiger partial charge in [-0.25, -0.2) is 4.79 Å². The van der Waals surface area contributed by atoms with Crippen molar-refractivity contribution in [2.24, 2.45) is 7.05 Å². The van der Waals surface area contributed by atoms with Crippen molar-refractivity contribution in [1.29, 1.82) is 0 Å². The van der Waals surface area contributed by atoms with E-state index in [0.29, 0.717) is 17.7 Å². The molecule has 0 radical (unpaired) electrons. The molecule has 32 heavy (non-hydrogen) atoms. The smallest absolute Gasteiger partial charge is 0.337 e. The molecule has 1 saturated carbocycles. The van der Waals surface area contributed by atoms with Crippen LogP contribution in [0.3, 0.4) is 0 Å². The fourth-order valence-corrected chi connectivity index (χ4v) is 4.91. The van der Waals surface area contributed by atoms with Crippen LogP contribution in [-0.2, 0) is 23.0 Å². The summed E-state index contributed by atoms with van der Waals surface area (Å²) in [5.41, 5.74) is 4.66. The molecule has 0 unspecified atom stereocenters. The molecule has 1 amide bonds. The topological polar surface area (TPSA) is 60.8 Å². The van der Waals surface area contributed by atoms with E-state index in [1.54, 1.807) is 26.2 Å². The van der Waals surface area contributed by atoms with Gasteiger partial charge < -0.3 is 18.9 Å². The minimum atomic E-state index is -0.388. The SMILES string of the molecule is COC(=O)c1ccc(Cc2cn(C)c3ccc(N(C(C)=O)C4CCCC4)cc23)c(OC)c1. The third-order valence-corrected chi connectivity index (χ3v) is 6.45. The highest BCUT2D eigenvalue weighted by atomic mass is 16.5. The zero-order chi connectivity index (χ0) is 22.8. The van der Waals surface area contributed by atoms with Gasteiger partial charge in [-0.05, 0) is 54.3 Å². The Bertz CT molecular complexity index is 1160. The summed E-state index contributed by atoms with van der Waals surface area (Å²) in [6.07, 6.45) is 7.24. The van der Waals surface area contributed by atoms with Gasteiger partial charge in [0, 0.05) is 49.2 Å². The number of aryl methyl sites for hydroxylation is 1. The first-order valence-corrected chi connectivity index (χ1v) is 11.1. The van der Waals surface area contributed by atoms with E-state index in [9.17, 15) is 9.59 Å². The molecule has 1 heterocycles. The normalized spacial score (nSPS) is 14.0. The van der Waals surface area contributed by atoms with Gasteiger partial charge in [-0.3, -0.25) is 4.79 Å². The maximum atomic E-state index is 12.5. The Labute approximate surface area is 188 Å². The molecular weight excluding hydrogens is 404 g/mol. The number of ether oxygens (including phenoxy) is 2. The highest BCUT2D eigenvalue weighted by Gasteiger charge is 2.26. The number of hydrogen-bond acceptors (Lipinski definition) is 4. The van der Waals surface area contributed by atoms with Crippen molar-refractivity contribution in [3.05, 3.63) is 59.3 Å². The number of amides is 1. The maximum absolute atomic E-state index is 12.5. The van der Waals surface area contributed by atoms with Gasteiger partial charge >= 0.3 is 5.97 Å². The predicted molar refractivity (Wildman–Crippen MR) is 125 cm³/mol. The van der Waals surface area contributed by atoms with Crippen LogP contribution >= 0.6 is 0 Å². The van der Waals surface area contributed by atoms with Gasteiger partial charge in [0.1, 0.15) is 5.75 Å². The van der Waals surface area contributed by atoms with Gasteiger partial charge in [-0.2, -0.15) is 0 Å². The number of hydrogen-bond donors (Lipinski definition) is 0. The second-order valence-corrected chi connectivity index (χ2v) is 8.49. The molecule has 6 heteroatoms. The van der Waals surface area contributed by atoms with Gasteiger partial charge in [-0.1, -0.05) is 18.9 Å². The molecule has 0 bridgehead atoms. The monoisotopic (exact) mass is 434 g/mol. The molecule has 1 aliphatic rings. The van der Waals surface area contributed by atoms with Crippen LogP contribution in [0.2, 0.25) is 0 Å². The molecule has 6 nitrogen and oxygen atoms in total. The number of rotatable bonds is 6. The number of benzene rings is 2. The minimum Gasteiger partial charge on any atom is -0.496 e. The highest BCUT2D eigenvalue weighted by molar-refractivity contribution is 5.96. The summed E-state index contributed by atoms with van der Waals surface area (Å²) in [5.74, 6) is 0.354. The zero-order valence-electron chi connectivity index (χ0n) is 19.2. The van der Waals surface area contributed by atoms with E-state index in [0.717, 1.165) is 40.6 Å². The molecule has 0 N–H and O–H groups in total. The Morgan fingerprint density at radius 3 is 2.47 bits per heavy atom. The van der Waals surface area contributed by atoms with E-state index in [1.807, 2.05) is 18.0 Å². The van der Waals surface area contributed by atoms with E-state index in [1.165, 1.54) is 20.0 Å². The van der Waals surface area contributed by atoms with Crippen LogP contribution < -0.4 is 9.64 Å². The minimum absolute atomic E-state index is 0.0915. The quantitative estimate of drug-likeness (QED) is 0.520. The molecule has 168 valence electrons. The molecule has 0 saturated heterocycles. The standard InChI is InChI=1S/C26H30N2O4/c1-17(29)28(21-7-5-6-8-21)22-11-12-24-23(15-22)20(16-27(24)2)13-18-9-10-19(26(30)32-4)14-25(18)31-3/h9-12,14-16,21H,5-8,13H2,1-4H3. The van der Waals surface area contributed by atoms with E-state index in [2.05, 4.69) is 29.0 Å². The summed E-state index contributed by atoms with van der Waals surface area (Å²) in [4.78, 5) is 26.4. The van der Waals surface area contributed by atoms with Gasteiger partial charge in [0.2, 0.25) is 5.91 Å². The van der Waals surface area contributed by atoms with Gasteiger partial charge in [0.05, 0.1) is 19.8 Å². The molecule has 2 aromatic carbocycles. The number of esters is 1. The van der Waals surface area contributed by atoms with Crippen LogP contribution in [0.5, 0.6) is 5.75 Å². The fraction of sp³-hybridized carbons (Fsp3) is 0.385. The molecule has 0 atom stereocenters. The Hall–Kier alpha value is -3.28. The van der Waals surface area contributed by atoms with E-state index in [-0.39, 0.29) is 17.9 Å². The van der Waals surface area contributed by atoms with Crippen LogP contribution in [0.15, 0.2) is 42.6 Å². The average molecular weight is 435 g/mol. The largest absolute Gasteiger partial charge is 0.496 e. The van der Waals surface area contributed by atoms with Crippen molar-refractivity contribution in [3.63, 3.8) is 0 Å². The second kappa shape index (κ2) is 9.07. The number of nitrogens with zero attached hydrogens (tertiary/aromatic N) is 2. The Kier molecular flexibility index (Phi) is 6.21. The summed E-state index contributed by atoms with van der Waals surface area (Å²) < 4.78 is 12.5. The van der Waals surface area contributed by atoms with Crippen molar-refractivity contribution in [2.75, 3.05) is 19.1 Å². The van der Waals surface area contributed by atoms with E-state index < -0.39 is 0 Å². The van der Waals surface area contributed by atoms with Crippen LogP contribution in [0, 0.1) is 0 Å². The summed E-state index contributed by atoms with van der Waals surface area (Å²) in [7, 11) is 5.00. The van der Waals surface area contributed by atoms with Crippen LogP contribution in [0.4, 0.5) is 5.69 Å². The second-order valence-electron chi connectivity index (χ2n) is 8.49. The first kappa shape index (κ1) is 21.9. The summed E-state index contributed by atoms with van der Waals surface area (Å²) in [5, 5.41) is 1.12. The number of carbonyl (C=O) groups excluding carboxylic acids is 2. The van der Waals surface area contributed by atoms with E-state index in [4.69, 9.17) is 9.47 Å². The summed E-state index contributed by atoms with van der Waals surface area (Å²) in [6.45, 7) is 1.65. The van der Waals surface area contributed by atoms with Crippen molar-refractivity contribution in [3.8, 4) is 5.75 Å². The summed E-state index contributed by atoms with van der Waals surface area (Å²) in [6, 6.07) is 12.0. The molecule has 1 fully saturated rings. The van der Waals surface area contributed by atoms with Crippen molar-refractivity contribution in [1.82, 2.24) is 4.57 Å². The molecular formula is C26H30N2O4. The molecule has 4 rings (SSSR count). The lowest BCUT2D eigenvalue weighted by molar-refractivity contribution is -0.117. The number of aromatic nitrogens is 1. The van der Waals surface area contributed by atoms with Gasteiger partial charge in [-0.15, -0.1) is 0 Å². The lowest BCUT2D eigenvalue weighted by Gasteiger charge is -2.28. The maximum Gasteiger partial charge on any atom is 0.337 e. The molecule has 0 aliphatic heterocycles. The summed E-state index contributed by atoms with van der Waals surface area (Å²) >= 11 is 0. The Morgan fingerprint density at radius 2 is 1.81 bits per heavy atom. The number of carbonyl (C=O) groups is 2. The Balaban J connectivity index is 1.73.